The monoisotopic (exact) mass is 193 g/mol. The molecule has 1 N–H and O–H groups in total. The molecule has 0 bridgehead atoms. The fourth-order valence-electron chi connectivity index (χ4n) is 2.37. The van der Waals surface area contributed by atoms with Crippen LogP contribution in [0.25, 0.3) is 11.1 Å². The number of hydrogen-bond acceptors (Lipinski definition) is 1. The molecular weight excluding hydrogens is 182 g/mol. The van der Waals surface area contributed by atoms with Gasteiger partial charge in [0.05, 0.1) is 0 Å². The van der Waals surface area contributed by atoms with E-state index in [1.54, 1.807) is 0 Å². The molecule has 0 heterocycles. The standard InChI is InChI=1S/C14H11N/c15-9-14-12-7-3-1-5-10(12)11-6-2-4-8-13(11)14/h1-9,14-15H. The van der Waals surface area contributed by atoms with Crippen molar-refractivity contribution in [3.05, 3.63) is 59.7 Å². The summed E-state index contributed by atoms with van der Waals surface area (Å²) < 4.78 is 0. The number of benzene rings is 2. The third-order valence-electron chi connectivity index (χ3n) is 3.05. The molecule has 0 aliphatic heterocycles. The molecule has 0 saturated heterocycles. The predicted octanol–water partition coefficient (Wildman–Crippen LogP) is 3.45. The summed E-state index contributed by atoms with van der Waals surface area (Å²) in [5.74, 6) is 0.150. The van der Waals surface area contributed by atoms with Crippen molar-refractivity contribution in [3.63, 3.8) is 0 Å². The highest BCUT2D eigenvalue weighted by molar-refractivity contribution is 5.88. The maximum atomic E-state index is 7.54. The van der Waals surface area contributed by atoms with E-state index in [0.29, 0.717) is 0 Å². The quantitative estimate of drug-likeness (QED) is 0.671. The first-order valence-corrected chi connectivity index (χ1v) is 5.10. The maximum Gasteiger partial charge on any atom is 0.0448 e. The molecule has 0 unspecified atom stereocenters. The lowest BCUT2D eigenvalue weighted by molar-refractivity contribution is 1.14. The molecule has 2 aromatic carbocycles. The van der Waals surface area contributed by atoms with Gasteiger partial charge < -0.3 is 5.41 Å². The number of fused-ring (bicyclic) bond motifs is 3. The minimum atomic E-state index is 0.150. The Bertz CT molecular complexity index is 483. The summed E-state index contributed by atoms with van der Waals surface area (Å²) in [5, 5.41) is 7.54. The van der Waals surface area contributed by atoms with Crippen molar-refractivity contribution in [1.82, 2.24) is 0 Å². The average Bonchev–Trinajstić information content (AvgIpc) is 2.63. The van der Waals surface area contributed by atoms with Crippen LogP contribution >= 0.6 is 0 Å². The molecule has 2 aromatic rings. The Morgan fingerprint density at radius 2 is 1.27 bits per heavy atom. The van der Waals surface area contributed by atoms with Gasteiger partial charge in [-0.15, -0.1) is 0 Å². The van der Waals surface area contributed by atoms with Crippen molar-refractivity contribution in [2.24, 2.45) is 0 Å². The minimum Gasteiger partial charge on any atom is -0.312 e. The van der Waals surface area contributed by atoms with E-state index in [-0.39, 0.29) is 5.92 Å². The Hall–Kier alpha value is -1.89. The van der Waals surface area contributed by atoms with Crippen molar-refractivity contribution in [1.29, 1.82) is 5.41 Å². The highest BCUT2D eigenvalue weighted by atomic mass is 14.4. The molecule has 0 radical (unpaired) electrons. The van der Waals surface area contributed by atoms with Gasteiger partial charge in [-0.05, 0) is 22.3 Å². The van der Waals surface area contributed by atoms with Gasteiger partial charge in [-0.3, -0.25) is 0 Å². The molecule has 15 heavy (non-hydrogen) atoms. The molecule has 3 rings (SSSR count). The van der Waals surface area contributed by atoms with Gasteiger partial charge >= 0.3 is 0 Å². The van der Waals surface area contributed by atoms with Gasteiger partial charge in [0.1, 0.15) is 0 Å². The fourth-order valence-corrected chi connectivity index (χ4v) is 2.37. The van der Waals surface area contributed by atoms with E-state index in [9.17, 15) is 0 Å². The molecule has 1 nitrogen and oxygen atoms in total. The second kappa shape index (κ2) is 3.06. The Kier molecular flexibility index (Phi) is 1.72. The molecule has 1 aliphatic rings. The van der Waals surface area contributed by atoms with E-state index < -0.39 is 0 Å². The largest absolute Gasteiger partial charge is 0.312 e. The van der Waals surface area contributed by atoms with E-state index in [2.05, 4.69) is 36.4 Å². The molecule has 72 valence electrons. The molecule has 0 aromatic heterocycles. The highest BCUT2D eigenvalue weighted by Crippen LogP contribution is 2.43. The molecule has 0 spiro atoms. The van der Waals surface area contributed by atoms with Crippen LogP contribution in [0, 0.1) is 5.41 Å². The van der Waals surface area contributed by atoms with Gasteiger partial charge in [0.15, 0.2) is 0 Å². The highest BCUT2D eigenvalue weighted by Gasteiger charge is 2.25. The Morgan fingerprint density at radius 1 is 0.800 bits per heavy atom. The van der Waals surface area contributed by atoms with Crippen LogP contribution in [0.1, 0.15) is 17.0 Å². The maximum absolute atomic E-state index is 7.54. The molecule has 1 heteroatoms. The topological polar surface area (TPSA) is 23.9 Å². The van der Waals surface area contributed by atoms with Gasteiger partial charge in [-0.1, -0.05) is 48.5 Å². The Balaban J connectivity index is 2.35. The van der Waals surface area contributed by atoms with Crippen LogP contribution in [-0.4, -0.2) is 6.21 Å². The van der Waals surface area contributed by atoms with E-state index in [1.807, 2.05) is 12.1 Å². The third-order valence-corrected chi connectivity index (χ3v) is 3.05. The summed E-state index contributed by atoms with van der Waals surface area (Å²) in [7, 11) is 0. The fraction of sp³-hybridized carbons (Fsp3) is 0.0714. The van der Waals surface area contributed by atoms with E-state index >= 15 is 0 Å². The summed E-state index contributed by atoms with van der Waals surface area (Å²) >= 11 is 0. The molecule has 1 aliphatic carbocycles. The van der Waals surface area contributed by atoms with Gasteiger partial charge in [-0.2, -0.15) is 0 Å². The van der Waals surface area contributed by atoms with Crippen LogP contribution < -0.4 is 0 Å². The van der Waals surface area contributed by atoms with Gasteiger partial charge in [-0.25, -0.2) is 0 Å². The molecule has 0 atom stereocenters. The summed E-state index contributed by atoms with van der Waals surface area (Å²) in [6, 6.07) is 16.7. The zero-order valence-corrected chi connectivity index (χ0v) is 8.27. The minimum absolute atomic E-state index is 0.150. The van der Waals surface area contributed by atoms with Crippen molar-refractivity contribution in [2.45, 2.75) is 5.92 Å². The summed E-state index contributed by atoms with van der Waals surface area (Å²) in [4.78, 5) is 0. The zero-order chi connectivity index (χ0) is 10.3. The van der Waals surface area contributed by atoms with Gasteiger partial charge in [0, 0.05) is 12.1 Å². The smallest absolute Gasteiger partial charge is 0.0448 e. The normalized spacial score (nSPS) is 13.3. The summed E-state index contributed by atoms with van der Waals surface area (Å²) in [5.41, 5.74) is 5.07. The van der Waals surface area contributed by atoms with Crippen LogP contribution in [-0.2, 0) is 0 Å². The van der Waals surface area contributed by atoms with Gasteiger partial charge in [0.25, 0.3) is 0 Å². The lowest BCUT2D eigenvalue weighted by Crippen LogP contribution is -1.95. The Labute approximate surface area is 88.9 Å². The predicted molar refractivity (Wildman–Crippen MR) is 62.5 cm³/mol. The molecular formula is C14H11N. The Morgan fingerprint density at radius 3 is 1.73 bits per heavy atom. The lowest BCUT2D eigenvalue weighted by Gasteiger charge is -2.05. The molecule has 0 saturated carbocycles. The third kappa shape index (κ3) is 1.06. The van der Waals surface area contributed by atoms with E-state index in [0.717, 1.165) is 0 Å². The van der Waals surface area contributed by atoms with Crippen LogP contribution in [0.2, 0.25) is 0 Å². The number of hydrogen-bond donors (Lipinski definition) is 1. The molecule has 0 amide bonds. The van der Waals surface area contributed by atoms with Crippen LogP contribution in [0.15, 0.2) is 48.5 Å². The first-order valence-electron chi connectivity index (χ1n) is 5.10. The summed E-state index contributed by atoms with van der Waals surface area (Å²) in [6.45, 7) is 0. The van der Waals surface area contributed by atoms with Crippen molar-refractivity contribution >= 4 is 6.21 Å². The first-order chi connectivity index (χ1) is 7.42. The lowest BCUT2D eigenvalue weighted by atomic mass is 9.99. The van der Waals surface area contributed by atoms with Gasteiger partial charge in [0.2, 0.25) is 0 Å². The second-order valence-electron chi connectivity index (χ2n) is 3.82. The van der Waals surface area contributed by atoms with E-state index in [1.165, 1.54) is 28.5 Å². The zero-order valence-electron chi connectivity index (χ0n) is 8.27. The SMILES string of the molecule is N=CC1c2ccccc2-c2ccccc21. The second-order valence-corrected chi connectivity index (χ2v) is 3.82. The van der Waals surface area contributed by atoms with Crippen LogP contribution in [0.4, 0.5) is 0 Å². The molecule has 0 fully saturated rings. The van der Waals surface area contributed by atoms with Crippen LogP contribution in [0.5, 0.6) is 0 Å². The van der Waals surface area contributed by atoms with Crippen molar-refractivity contribution in [3.8, 4) is 11.1 Å². The van der Waals surface area contributed by atoms with Crippen molar-refractivity contribution in [2.75, 3.05) is 0 Å². The number of rotatable bonds is 1. The first kappa shape index (κ1) is 8.42. The van der Waals surface area contributed by atoms with Crippen LogP contribution in [0.3, 0.4) is 0 Å². The summed E-state index contributed by atoms with van der Waals surface area (Å²) in [6.07, 6.45) is 1.53. The van der Waals surface area contributed by atoms with Crippen molar-refractivity contribution < 1.29 is 0 Å². The average molecular weight is 193 g/mol. The van der Waals surface area contributed by atoms with E-state index in [4.69, 9.17) is 5.41 Å². The number of nitrogens with one attached hydrogen (secondary N) is 1.